The van der Waals surface area contributed by atoms with Crippen LogP contribution < -0.4 is 14.8 Å². The van der Waals surface area contributed by atoms with Crippen LogP contribution in [0.3, 0.4) is 0 Å². The molecule has 0 radical (unpaired) electrons. The molecule has 0 saturated carbocycles. The van der Waals surface area contributed by atoms with E-state index in [2.05, 4.69) is 36.5 Å². The molecule has 6 nitrogen and oxygen atoms in total. The smallest absolute Gasteiger partial charge is 0.231 e. The molecule has 0 atom stereocenters. The summed E-state index contributed by atoms with van der Waals surface area (Å²) in [7, 11) is 0. The molecule has 0 bridgehead atoms. The normalized spacial score (nSPS) is 12.2. The SMILES string of the molecule is Cc1ccc(Cc2nc3ccccc3nc2SCC(=O)NCc2ccc3c(c2)OCO3)cc1. The maximum absolute atomic E-state index is 12.6. The van der Waals surface area contributed by atoms with Gasteiger partial charge in [0.25, 0.3) is 0 Å². The molecule has 0 fully saturated rings. The molecule has 5 rings (SSSR count). The van der Waals surface area contributed by atoms with E-state index < -0.39 is 0 Å². The zero-order valence-electron chi connectivity index (χ0n) is 18.2. The minimum absolute atomic E-state index is 0.0612. The van der Waals surface area contributed by atoms with Crippen molar-refractivity contribution in [3.05, 3.63) is 89.1 Å². The van der Waals surface area contributed by atoms with Crippen molar-refractivity contribution in [1.29, 1.82) is 0 Å². The lowest BCUT2D eigenvalue weighted by molar-refractivity contribution is -0.118. The standard InChI is InChI=1S/C26H23N3O3S/c1-17-6-8-18(9-7-17)12-22-26(29-21-5-3-2-4-20(21)28-22)33-15-25(30)27-14-19-10-11-23-24(13-19)32-16-31-23/h2-11,13H,12,14-16H2,1H3,(H,27,30). The summed E-state index contributed by atoms with van der Waals surface area (Å²) in [6, 6.07) is 21.9. The third-order valence-electron chi connectivity index (χ3n) is 5.36. The van der Waals surface area contributed by atoms with Gasteiger partial charge in [-0.05, 0) is 42.3 Å². The Morgan fingerprint density at radius 2 is 1.67 bits per heavy atom. The van der Waals surface area contributed by atoms with E-state index in [0.29, 0.717) is 18.7 Å². The molecule has 0 spiro atoms. The number of thioether (sulfide) groups is 1. The monoisotopic (exact) mass is 457 g/mol. The second kappa shape index (κ2) is 9.50. The first-order valence-corrected chi connectivity index (χ1v) is 11.7. The molecule has 2 heterocycles. The number of carbonyl (C=O) groups is 1. The molecule has 0 unspecified atom stereocenters. The van der Waals surface area contributed by atoms with Crippen LogP contribution in [0.4, 0.5) is 0 Å². The number of hydrogen-bond acceptors (Lipinski definition) is 6. The Balaban J connectivity index is 1.27. The molecule has 33 heavy (non-hydrogen) atoms. The highest BCUT2D eigenvalue weighted by atomic mass is 32.2. The molecule has 1 aromatic heterocycles. The van der Waals surface area contributed by atoms with Crippen LogP contribution in [-0.2, 0) is 17.8 Å². The quantitative estimate of drug-likeness (QED) is 0.407. The fourth-order valence-corrected chi connectivity index (χ4v) is 4.40. The number of aromatic nitrogens is 2. The van der Waals surface area contributed by atoms with E-state index >= 15 is 0 Å². The topological polar surface area (TPSA) is 73.3 Å². The number of para-hydroxylation sites is 2. The van der Waals surface area contributed by atoms with Gasteiger partial charge < -0.3 is 14.8 Å². The summed E-state index contributed by atoms with van der Waals surface area (Å²) in [6.45, 7) is 2.73. The number of nitrogens with one attached hydrogen (secondary N) is 1. The maximum Gasteiger partial charge on any atom is 0.231 e. The fourth-order valence-electron chi connectivity index (χ4n) is 3.59. The van der Waals surface area contributed by atoms with E-state index in [1.165, 1.54) is 22.9 Å². The summed E-state index contributed by atoms with van der Waals surface area (Å²) < 4.78 is 10.7. The van der Waals surface area contributed by atoms with E-state index in [1.807, 2.05) is 42.5 Å². The Kier molecular flexibility index (Phi) is 6.13. The Morgan fingerprint density at radius 1 is 0.939 bits per heavy atom. The van der Waals surface area contributed by atoms with Gasteiger partial charge in [-0.25, -0.2) is 9.97 Å². The van der Waals surface area contributed by atoms with Gasteiger partial charge in [0.15, 0.2) is 11.5 Å². The van der Waals surface area contributed by atoms with Crippen molar-refractivity contribution in [1.82, 2.24) is 15.3 Å². The van der Waals surface area contributed by atoms with Crippen LogP contribution in [0.5, 0.6) is 11.5 Å². The molecule has 1 N–H and O–H groups in total. The van der Waals surface area contributed by atoms with Gasteiger partial charge in [0.2, 0.25) is 12.7 Å². The van der Waals surface area contributed by atoms with Crippen molar-refractivity contribution in [2.45, 2.75) is 24.9 Å². The number of amides is 1. The summed E-state index contributed by atoms with van der Waals surface area (Å²) in [5.41, 5.74) is 5.91. The van der Waals surface area contributed by atoms with Gasteiger partial charge in [-0.2, -0.15) is 0 Å². The molecule has 1 aliphatic rings. The van der Waals surface area contributed by atoms with Crippen LogP contribution in [0.15, 0.2) is 71.8 Å². The van der Waals surface area contributed by atoms with Crippen molar-refractivity contribution in [3.63, 3.8) is 0 Å². The molecule has 3 aromatic carbocycles. The number of fused-ring (bicyclic) bond motifs is 2. The van der Waals surface area contributed by atoms with Gasteiger partial charge in [0, 0.05) is 13.0 Å². The second-order valence-corrected chi connectivity index (χ2v) is 8.84. The van der Waals surface area contributed by atoms with E-state index in [4.69, 9.17) is 19.4 Å². The first-order chi connectivity index (χ1) is 16.1. The summed E-state index contributed by atoms with van der Waals surface area (Å²) in [6.07, 6.45) is 0.666. The van der Waals surface area contributed by atoms with E-state index in [-0.39, 0.29) is 18.5 Å². The van der Waals surface area contributed by atoms with Gasteiger partial charge >= 0.3 is 0 Å². The molecule has 1 amide bonds. The average molecular weight is 458 g/mol. The number of rotatable bonds is 7. The summed E-state index contributed by atoms with van der Waals surface area (Å²) in [4.78, 5) is 22.2. The van der Waals surface area contributed by atoms with Crippen molar-refractivity contribution >= 4 is 28.7 Å². The molecular formula is C26H23N3O3S. The third-order valence-corrected chi connectivity index (χ3v) is 6.37. The van der Waals surface area contributed by atoms with Gasteiger partial charge in [0.05, 0.1) is 22.5 Å². The van der Waals surface area contributed by atoms with Gasteiger partial charge in [-0.15, -0.1) is 0 Å². The van der Waals surface area contributed by atoms with E-state index in [0.717, 1.165) is 33.1 Å². The highest BCUT2D eigenvalue weighted by Gasteiger charge is 2.15. The van der Waals surface area contributed by atoms with Crippen molar-refractivity contribution in [3.8, 4) is 11.5 Å². The van der Waals surface area contributed by atoms with Crippen LogP contribution in [-0.4, -0.2) is 28.4 Å². The van der Waals surface area contributed by atoms with Crippen LogP contribution in [0.2, 0.25) is 0 Å². The average Bonchev–Trinajstić information content (AvgIpc) is 3.31. The van der Waals surface area contributed by atoms with Crippen LogP contribution in [0.1, 0.15) is 22.4 Å². The molecule has 4 aromatic rings. The lowest BCUT2D eigenvalue weighted by Crippen LogP contribution is -2.24. The Morgan fingerprint density at radius 3 is 2.48 bits per heavy atom. The lowest BCUT2D eigenvalue weighted by Gasteiger charge is -2.11. The summed E-state index contributed by atoms with van der Waals surface area (Å²) >= 11 is 1.42. The highest BCUT2D eigenvalue weighted by molar-refractivity contribution is 7.99. The predicted octanol–water partition coefficient (Wildman–Crippen LogP) is 4.67. The number of aryl methyl sites for hydroxylation is 1. The predicted molar refractivity (Wildman–Crippen MR) is 129 cm³/mol. The lowest BCUT2D eigenvalue weighted by atomic mass is 10.1. The Bertz CT molecular complexity index is 1310. The van der Waals surface area contributed by atoms with Crippen LogP contribution in [0, 0.1) is 6.92 Å². The van der Waals surface area contributed by atoms with Crippen molar-refractivity contribution in [2.75, 3.05) is 12.5 Å². The number of ether oxygens (including phenoxy) is 2. The molecule has 166 valence electrons. The summed E-state index contributed by atoms with van der Waals surface area (Å²) in [5, 5.41) is 3.75. The molecule has 0 saturated heterocycles. The van der Waals surface area contributed by atoms with Gasteiger partial charge in [-0.3, -0.25) is 4.79 Å². The minimum Gasteiger partial charge on any atom is -0.454 e. The number of carbonyl (C=O) groups excluding carboxylic acids is 1. The van der Waals surface area contributed by atoms with E-state index in [1.54, 1.807) is 0 Å². The third kappa shape index (κ3) is 5.09. The fraction of sp³-hybridized carbons (Fsp3) is 0.192. The number of hydrogen-bond donors (Lipinski definition) is 1. The first kappa shape index (κ1) is 21.3. The largest absolute Gasteiger partial charge is 0.454 e. The summed E-state index contributed by atoms with van der Waals surface area (Å²) in [5.74, 6) is 1.65. The number of nitrogens with zero attached hydrogens (tertiary/aromatic N) is 2. The molecule has 0 aliphatic carbocycles. The number of benzene rings is 3. The Labute approximate surface area is 196 Å². The molecule has 7 heteroatoms. The Hall–Kier alpha value is -3.58. The zero-order valence-corrected chi connectivity index (χ0v) is 19.0. The van der Waals surface area contributed by atoms with Crippen molar-refractivity contribution < 1.29 is 14.3 Å². The van der Waals surface area contributed by atoms with Gasteiger partial charge in [0.1, 0.15) is 5.03 Å². The molecule has 1 aliphatic heterocycles. The molecular weight excluding hydrogens is 434 g/mol. The highest BCUT2D eigenvalue weighted by Crippen LogP contribution is 2.32. The zero-order chi connectivity index (χ0) is 22.6. The second-order valence-electron chi connectivity index (χ2n) is 7.88. The van der Waals surface area contributed by atoms with Gasteiger partial charge in [-0.1, -0.05) is 59.8 Å². The van der Waals surface area contributed by atoms with Crippen LogP contribution in [0.25, 0.3) is 11.0 Å². The van der Waals surface area contributed by atoms with Crippen molar-refractivity contribution in [2.24, 2.45) is 0 Å². The minimum atomic E-state index is -0.0612. The van der Waals surface area contributed by atoms with Crippen LogP contribution >= 0.6 is 11.8 Å². The first-order valence-electron chi connectivity index (χ1n) is 10.7. The van der Waals surface area contributed by atoms with E-state index in [9.17, 15) is 4.79 Å². The maximum atomic E-state index is 12.6.